The molecule has 1 saturated carbocycles. The molecular formula is C25H31F3N6O5. The van der Waals surface area contributed by atoms with Gasteiger partial charge in [-0.3, -0.25) is 4.79 Å². The van der Waals surface area contributed by atoms with E-state index in [0.717, 1.165) is 25.7 Å². The third-order valence-corrected chi connectivity index (χ3v) is 7.19. The van der Waals surface area contributed by atoms with Crippen LogP contribution in [-0.4, -0.2) is 83.5 Å². The normalized spacial score (nSPS) is 20.8. The number of carbonyl (C=O) groups is 2. The molecule has 39 heavy (non-hydrogen) atoms. The van der Waals surface area contributed by atoms with E-state index in [1.54, 1.807) is 11.0 Å². The molecule has 212 valence electrons. The summed E-state index contributed by atoms with van der Waals surface area (Å²) in [5.74, 6) is -1.46. The number of nitrogens with zero attached hydrogens (tertiary/aromatic N) is 5. The summed E-state index contributed by atoms with van der Waals surface area (Å²) < 4.78 is 51.7. The zero-order chi connectivity index (χ0) is 27.6. The number of hydrogen-bond acceptors (Lipinski definition) is 9. The van der Waals surface area contributed by atoms with Gasteiger partial charge in [-0.25, -0.2) is 9.78 Å². The number of aliphatic hydroxyl groups excluding tert-OH is 1. The molecule has 3 fully saturated rings. The van der Waals surface area contributed by atoms with Crippen molar-refractivity contribution in [3.05, 3.63) is 29.8 Å². The van der Waals surface area contributed by atoms with E-state index >= 15 is 0 Å². The Bertz CT molecular complexity index is 1160. The number of aromatic nitrogens is 2. The van der Waals surface area contributed by atoms with Crippen molar-refractivity contribution < 1.29 is 37.0 Å². The molecule has 0 bridgehead atoms. The van der Waals surface area contributed by atoms with E-state index in [9.17, 15) is 27.9 Å². The van der Waals surface area contributed by atoms with E-state index in [4.69, 9.17) is 9.15 Å². The van der Waals surface area contributed by atoms with Gasteiger partial charge in [0.25, 0.3) is 11.9 Å². The predicted molar refractivity (Wildman–Crippen MR) is 134 cm³/mol. The number of anilines is 3. The standard InChI is InChI=1S/C25H31F3N6O5/c26-25(27,28)21-20(39-23(31-21)34-9-3-4-17(35)15-34)22(36)30-16-7-8-19(29-14-16)32-10-12-33(13-11-32)24(37)38-18-5-1-2-6-18/h7-8,14,17-18,35H,1-6,9-13,15H2,(H,30,36). The van der Waals surface area contributed by atoms with E-state index in [0.29, 0.717) is 51.4 Å². The highest BCUT2D eigenvalue weighted by atomic mass is 19.4. The van der Waals surface area contributed by atoms with Gasteiger partial charge >= 0.3 is 12.3 Å². The summed E-state index contributed by atoms with van der Waals surface area (Å²) in [6, 6.07) is 2.83. The van der Waals surface area contributed by atoms with Crippen molar-refractivity contribution in [2.45, 2.75) is 56.9 Å². The van der Waals surface area contributed by atoms with Crippen LogP contribution in [0.2, 0.25) is 0 Å². The lowest BCUT2D eigenvalue weighted by atomic mass is 10.1. The summed E-state index contributed by atoms with van der Waals surface area (Å²) in [4.78, 5) is 38.0. The number of nitrogens with one attached hydrogen (secondary N) is 1. The SMILES string of the molecule is O=C(Nc1ccc(N2CCN(C(=O)OC3CCCC3)CC2)nc1)c1oc(N2CCCC(O)C2)nc1C(F)(F)F. The molecule has 3 aliphatic rings. The second-order valence-electron chi connectivity index (χ2n) is 10.0. The average molecular weight is 553 g/mol. The van der Waals surface area contributed by atoms with E-state index < -0.39 is 29.6 Å². The first-order chi connectivity index (χ1) is 18.7. The van der Waals surface area contributed by atoms with E-state index in [-0.39, 0.29) is 30.4 Å². The maximum Gasteiger partial charge on any atom is 0.437 e. The number of rotatable bonds is 5. The summed E-state index contributed by atoms with van der Waals surface area (Å²) >= 11 is 0. The Morgan fingerprint density at radius 2 is 1.77 bits per heavy atom. The number of halogens is 3. The van der Waals surface area contributed by atoms with Crippen LogP contribution in [0, 0.1) is 0 Å². The second kappa shape index (κ2) is 11.3. The molecular weight excluding hydrogens is 521 g/mol. The van der Waals surface area contributed by atoms with Crippen LogP contribution in [0.5, 0.6) is 0 Å². The number of oxazole rings is 1. The minimum Gasteiger partial charge on any atom is -0.446 e. The number of pyridine rings is 1. The van der Waals surface area contributed by atoms with Gasteiger partial charge in [-0.05, 0) is 50.7 Å². The number of aliphatic hydroxyl groups is 1. The Kier molecular flexibility index (Phi) is 7.82. The molecule has 2 saturated heterocycles. The lowest BCUT2D eigenvalue weighted by Crippen LogP contribution is -2.49. The van der Waals surface area contributed by atoms with Gasteiger partial charge in [0.2, 0.25) is 5.76 Å². The number of β-amino-alcohol motifs (C(OH)–C–C–N with tert-alkyl or cyclic N) is 1. The Morgan fingerprint density at radius 3 is 2.41 bits per heavy atom. The van der Waals surface area contributed by atoms with Crippen LogP contribution in [0.1, 0.15) is 54.8 Å². The van der Waals surface area contributed by atoms with Crippen molar-refractivity contribution in [1.82, 2.24) is 14.9 Å². The molecule has 4 heterocycles. The summed E-state index contributed by atoms with van der Waals surface area (Å²) in [7, 11) is 0. The molecule has 2 aromatic rings. The van der Waals surface area contributed by atoms with Gasteiger partial charge < -0.3 is 34.3 Å². The first-order valence-corrected chi connectivity index (χ1v) is 13.2. The fourth-order valence-electron chi connectivity index (χ4n) is 5.09. The lowest BCUT2D eigenvalue weighted by molar-refractivity contribution is -0.141. The molecule has 5 rings (SSSR count). The van der Waals surface area contributed by atoms with Gasteiger partial charge in [-0.15, -0.1) is 0 Å². The smallest absolute Gasteiger partial charge is 0.437 e. The molecule has 0 aromatic carbocycles. The molecule has 2 aromatic heterocycles. The third-order valence-electron chi connectivity index (χ3n) is 7.19. The number of alkyl halides is 3. The largest absolute Gasteiger partial charge is 0.446 e. The van der Waals surface area contributed by atoms with Crippen molar-refractivity contribution in [1.29, 1.82) is 0 Å². The van der Waals surface area contributed by atoms with Crippen molar-refractivity contribution in [2.75, 3.05) is 54.4 Å². The first-order valence-electron chi connectivity index (χ1n) is 13.2. The van der Waals surface area contributed by atoms with Gasteiger partial charge in [0.15, 0.2) is 5.69 Å². The van der Waals surface area contributed by atoms with Gasteiger partial charge in [0.1, 0.15) is 11.9 Å². The van der Waals surface area contributed by atoms with Crippen molar-refractivity contribution >= 4 is 29.5 Å². The van der Waals surface area contributed by atoms with Crippen LogP contribution in [0.3, 0.4) is 0 Å². The topological polar surface area (TPSA) is 124 Å². The monoisotopic (exact) mass is 552 g/mol. The quantitative estimate of drug-likeness (QED) is 0.574. The summed E-state index contributed by atoms with van der Waals surface area (Å²) in [5.41, 5.74) is -1.24. The molecule has 11 nitrogen and oxygen atoms in total. The summed E-state index contributed by atoms with van der Waals surface area (Å²) in [5, 5.41) is 12.2. The minimum absolute atomic E-state index is 0.00776. The Labute approximate surface area is 222 Å². The second-order valence-corrected chi connectivity index (χ2v) is 10.0. The van der Waals surface area contributed by atoms with Crippen LogP contribution in [0.4, 0.5) is 35.5 Å². The number of hydrogen-bond donors (Lipinski definition) is 2. The number of piperidine rings is 1. The van der Waals surface area contributed by atoms with Crippen molar-refractivity contribution in [3.63, 3.8) is 0 Å². The predicted octanol–water partition coefficient (Wildman–Crippen LogP) is 3.50. The maximum absolute atomic E-state index is 13.6. The van der Waals surface area contributed by atoms with Gasteiger partial charge in [-0.2, -0.15) is 18.2 Å². The number of carbonyl (C=O) groups excluding carboxylic acids is 2. The van der Waals surface area contributed by atoms with Crippen LogP contribution < -0.4 is 15.1 Å². The van der Waals surface area contributed by atoms with Crippen LogP contribution in [0.25, 0.3) is 0 Å². The maximum atomic E-state index is 13.6. The first kappa shape index (κ1) is 27.0. The number of amides is 2. The van der Waals surface area contributed by atoms with Crippen molar-refractivity contribution in [2.24, 2.45) is 0 Å². The number of piperazine rings is 1. The van der Waals surface area contributed by atoms with Crippen molar-refractivity contribution in [3.8, 4) is 0 Å². The fourth-order valence-corrected chi connectivity index (χ4v) is 5.09. The molecule has 2 N–H and O–H groups in total. The molecule has 1 atom stereocenters. The molecule has 14 heteroatoms. The lowest BCUT2D eigenvalue weighted by Gasteiger charge is -2.35. The van der Waals surface area contributed by atoms with E-state index in [1.807, 2.05) is 4.90 Å². The van der Waals surface area contributed by atoms with E-state index in [2.05, 4.69) is 15.3 Å². The summed E-state index contributed by atoms with van der Waals surface area (Å²) in [6.45, 7) is 2.47. The zero-order valence-corrected chi connectivity index (χ0v) is 21.3. The fraction of sp³-hybridized carbons (Fsp3) is 0.600. The van der Waals surface area contributed by atoms with Crippen LogP contribution in [0.15, 0.2) is 22.7 Å². The Morgan fingerprint density at radius 1 is 1.03 bits per heavy atom. The highest BCUT2D eigenvalue weighted by molar-refractivity contribution is 6.03. The molecule has 1 aliphatic carbocycles. The van der Waals surface area contributed by atoms with Gasteiger partial charge in [-0.1, -0.05) is 0 Å². The third kappa shape index (κ3) is 6.37. The highest BCUT2D eigenvalue weighted by Gasteiger charge is 2.42. The Hall–Kier alpha value is -3.55. The highest BCUT2D eigenvalue weighted by Crippen LogP contribution is 2.35. The van der Waals surface area contributed by atoms with E-state index in [1.165, 1.54) is 17.2 Å². The minimum atomic E-state index is -4.91. The van der Waals surface area contributed by atoms with Crippen LogP contribution in [-0.2, 0) is 10.9 Å². The Balaban J connectivity index is 1.19. The summed E-state index contributed by atoms with van der Waals surface area (Å²) in [6.07, 6.45) is 0.525. The van der Waals surface area contributed by atoms with Crippen LogP contribution >= 0.6 is 0 Å². The molecule has 1 unspecified atom stereocenters. The molecule has 2 aliphatic heterocycles. The molecule has 0 radical (unpaired) electrons. The zero-order valence-electron chi connectivity index (χ0n) is 21.3. The molecule has 2 amide bonds. The molecule has 0 spiro atoms. The number of ether oxygens (including phenoxy) is 1. The van der Waals surface area contributed by atoms with Gasteiger partial charge in [0.05, 0.1) is 18.0 Å². The average Bonchev–Trinajstić information content (AvgIpc) is 3.60. The van der Waals surface area contributed by atoms with Gasteiger partial charge in [0, 0.05) is 39.3 Å².